The Morgan fingerprint density at radius 2 is 1.64 bits per heavy atom. The molecule has 0 spiro atoms. The summed E-state index contributed by atoms with van der Waals surface area (Å²) in [5, 5.41) is 2.82. The molecule has 1 N–H and O–H groups in total. The third-order valence-corrected chi connectivity index (χ3v) is 3.37. The molecule has 1 unspecified atom stereocenters. The summed E-state index contributed by atoms with van der Waals surface area (Å²) in [6.07, 6.45) is 0.405. The molecule has 22 heavy (non-hydrogen) atoms. The van der Waals surface area contributed by atoms with E-state index in [1.807, 2.05) is 24.3 Å². The smallest absolute Gasteiger partial charge is 0.265 e. The van der Waals surface area contributed by atoms with Crippen LogP contribution in [-0.2, 0) is 11.2 Å². The van der Waals surface area contributed by atoms with Gasteiger partial charge in [0.25, 0.3) is 5.91 Å². The van der Waals surface area contributed by atoms with Crippen molar-refractivity contribution < 1.29 is 14.3 Å². The van der Waals surface area contributed by atoms with Gasteiger partial charge in [-0.3, -0.25) is 4.79 Å². The van der Waals surface area contributed by atoms with Crippen molar-refractivity contribution in [3.05, 3.63) is 54.1 Å². The average molecular weight is 299 g/mol. The van der Waals surface area contributed by atoms with Gasteiger partial charge in [-0.1, -0.05) is 19.1 Å². The summed E-state index contributed by atoms with van der Waals surface area (Å²) in [6.45, 7) is 3.83. The fraction of sp³-hybridized carbons (Fsp3) is 0.278. The lowest BCUT2D eigenvalue weighted by Crippen LogP contribution is -2.30. The molecule has 4 nitrogen and oxygen atoms in total. The molecule has 0 radical (unpaired) electrons. The molecule has 2 aromatic rings. The number of ether oxygens (including phenoxy) is 2. The van der Waals surface area contributed by atoms with Gasteiger partial charge in [-0.25, -0.2) is 0 Å². The zero-order valence-electron chi connectivity index (χ0n) is 13.1. The number of carbonyl (C=O) groups excluding carboxylic acids is 1. The number of anilines is 1. The van der Waals surface area contributed by atoms with E-state index in [0.717, 1.165) is 12.2 Å². The first kappa shape index (κ1) is 15.9. The molecule has 0 aromatic heterocycles. The average Bonchev–Trinajstić information content (AvgIpc) is 2.56. The number of benzene rings is 2. The van der Waals surface area contributed by atoms with Crippen LogP contribution in [0.25, 0.3) is 0 Å². The van der Waals surface area contributed by atoms with E-state index in [-0.39, 0.29) is 5.91 Å². The maximum absolute atomic E-state index is 12.1. The number of nitrogens with one attached hydrogen (secondary N) is 1. The SMILES string of the molecule is CCc1ccc(OC(C)C(=O)Nc2ccc(OC)cc2)cc1. The lowest BCUT2D eigenvalue weighted by molar-refractivity contribution is -0.122. The molecular formula is C18H21NO3. The van der Waals surface area contributed by atoms with Gasteiger partial charge in [0.05, 0.1) is 7.11 Å². The van der Waals surface area contributed by atoms with E-state index < -0.39 is 6.10 Å². The van der Waals surface area contributed by atoms with Gasteiger partial charge < -0.3 is 14.8 Å². The van der Waals surface area contributed by atoms with Gasteiger partial charge in [0.15, 0.2) is 6.10 Å². The van der Waals surface area contributed by atoms with Crippen LogP contribution in [0.1, 0.15) is 19.4 Å². The summed E-state index contributed by atoms with van der Waals surface area (Å²) < 4.78 is 10.7. The van der Waals surface area contributed by atoms with E-state index in [4.69, 9.17) is 9.47 Å². The summed E-state index contributed by atoms with van der Waals surface area (Å²) in [5.74, 6) is 1.25. The Labute approximate surface area is 131 Å². The second-order valence-corrected chi connectivity index (χ2v) is 4.98. The first-order chi connectivity index (χ1) is 10.6. The van der Waals surface area contributed by atoms with Crippen LogP contribution in [-0.4, -0.2) is 19.1 Å². The molecule has 4 heteroatoms. The predicted octanol–water partition coefficient (Wildman–Crippen LogP) is 3.66. The highest BCUT2D eigenvalue weighted by Crippen LogP contribution is 2.17. The summed E-state index contributed by atoms with van der Waals surface area (Å²) in [4.78, 5) is 12.1. The Hall–Kier alpha value is -2.49. The molecular weight excluding hydrogens is 278 g/mol. The Balaban J connectivity index is 1.92. The normalized spacial score (nSPS) is 11.6. The predicted molar refractivity (Wildman–Crippen MR) is 87.5 cm³/mol. The third kappa shape index (κ3) is 4.25. The first-order valence-corrected chi connectivity index (χ1v) is 7.33. The lowest BCUT2D eigenvalue weighted by atomic mass is 10.2. The van der Waals surface area contributed by atoms with Crippen LogP contribution < -0.4 is 14.8 Å². The van der Waals surface area contributed by atoms with E-state index in [1.165, 1.54) is 5.56 Å². The monoisotopic (exact) mass is 299 g/mol. The minimum absolute atomic E-state index is 0.190. The summed E-state index contributed by atoms with van der Waals surface area (Å²) in [5.41, 5.74) is 1.95. The Morgan fingerprint density at radius 3 is 2.18 bits per heavy atom. The molecule has 0 saturated heterocycles. The number of amides is 1. The minimum Gasteiger partial charge on any atom is -0.497 e. The van der Waals surface area contributed by atoms with Crippen molar-refractivity contribution in [2.24, 2.45) is 0 Å². The molecule has 0 aliphatic heterocycles. The second-order valence-electron chi connectivity index (χ2n) is 4.98. The molecule has 0 aliphatic carbocycles. The molecule has 1 amide bonds. The molecule has 2 aromatic carbocycles. The third-order valence-electron chi connectivity index (χ3n) is 3.37. The number of rotatable bonds is 6. The standard InChI is InChI=1S/C18H21NO3/c1-4-14-5-9-17(10-6-14)22-13(2)18(20)19-15-7-11-16(21-3)12-8-15/h5-13H,4H2,1-3H3,(H,19,20). The van der Waals surface area contributed by atoms with Crippen molar-refractivity contribution in [2.45, 2.75) is 26.4 Å². The fourth-order valence-electron chi connectivity index (χ4n) is 1.98. The van der Waals surface area contributed by atoms with E-state index >= 15 is 0 Å². The van der Waals surface area contributed by atoms with E-state index in [0.29, 0.717) is 11.4 Å². The topological polar surface area (TPSA) is 47.6 Å². The van der Waals surface area contributed by atoms with Gasteiger partial charge in [-0.2, -0.15) is 0 Å². The molecule has 1 atom stereocenters. The van der Waals surface area contributed by atoms with Crippen LogP contribution >= 0.6 is 0 Å². The van der Waals surface area contributed by atoms with Crippen LogP contribution in [0, 0.1) is 0 Å². The number of methoxy groups -OCH3 is 1. The highest BCUT2D eigenvalue weighted by Gasteiger charge is 2.14. The Kier molecular flexibility index (Phi) is 5.42. The van der Waals surface area contributed by atoms with E-state index in [9.17, 15) is 4.79 Å². The van der Waals surface area contributed by atoms with Crippen molar-refractivity contribution >= 4 is 11.6 Å². The maximum atomic E-state index is 12.1. The van der Waals surface area contributed by atoms with Crippen LogP contribution in [0.2, 0.25) is 0 Å². The van der Waals surface area contributed by atoms with Crippen LogP contribution in [0.15, 0.2) is 48.5 Å². The zero-order valence-corrected chi connectivity index (χ0v) is 13.1. The summed E-state index contributed by atoms with van der Waals surface area (Å²) >= 11 is 0. The summed E-state index contributed by atoms with van der Waals surface area (Å²) in [7, 11) is 1.60. The fourth-order valence-corrected chi connectivity index (χ4v) is 1.98. The molecule has 0 fully saturated rings. The number of hydrogen-bond acceptors (Lipinski definition) is 3. The number of carbonyl (C=O) groups is 1. The summed E-state index contributed by atoms with van der Waals surface area (Å²) in [6, 6.07) is 15.0. The van der Waals surface area contributed by atoms with Crippen molar-refractivity contribution in [1.82, 2.24) is 0 Å². The molecule has 0 saturated carbocycles. The molecule has 0 aliphatic rings. The molecule has 0 heterocycles. The Morgan fingerprint density at radius 1 is 1.05 bits per heavy atom. The second kappa shape index (κ2) is 7.50. The first-order valence-electron chi connectivity index (χ1n) is 7.33. The number of aryl methyl sites for hydroxylation is 1. The van der Waals surface area contributed by atoms with Crippen molar-refractivity contribution in [3.63, 3.8) is 0 Å². The molecule has 2 rings (SSSR count). The van der Waals surface area contributed by atoms with Gasteiger partial charge in [0.1, 0.15) is 11.5 Å². The molecule has 116 valence electrons. The van der Waals surface area contributed by atoms with Crippen molar-refractivity contribution in [3.8, 4) is 11.5 Å². The van der Waals surface area contributed by atoms with Gasteiger partial charge in [-0.15, -0.1) is 0 Å². The highest BCUT2D eigenvalue weighted by atomic mass is 16.5. The van der Waals surface area contributed by atoms with Gasteiger partial charge in [0, 0.05) is 5.69 Å². The quantitative estimate of drug-likeness (QED) is 0.885. The highest BCUT2D eigenvalue weighted by molar-refractivity contribution is 5.94. The van der Waals surface area contributed by atoms with E-state index in [1.54, 1.807) is 38.3 Å². The van der Waals surface area contributed by atoms with Crippen LogP contribution in [0.4, 0.5) is 5.69 Å². The Bertz CT molecular complexity index is 605. The zero-order chi connectivity index (χ0) is 15.9. The van der Waals surface area contributed by atoms with E-state index in [2.05, 4.69) is 12.2 Å². The van der Waals surface area contributed by atoms with Crippen molar-refractivity contribution in [2.75, 3.05) is 12.4 Å². The molecule has 0 bridgehead atoms. The van der Waals surface area contributed by atoms with Gasteiger partial charge >= 0.3 is 0 Å². The minimum atomic E-state index is -0.574. The largest absolute Gasteiger partial charge is 0.497 e. The maximum Gasteiger partial charge on any atom is 0.265 e. The number of hydrogen-bond donors (Lipinski definition) is 1. The van der Waals surface area contributed by atoms with Gasteiger partial charge in [0.2, 0.25) is 0 Å². The van der Waals surface area contributed by atoms with Gasteiger partial charge in [-0.05, 0) is 55.3 Å². The van der Waals surface area contributed by atoms with Crippen molar-refractivity contribution in [1.29, 1.82) is 0 Å². The van der Waals surface area contributed by atoms with Crippen LogP contribution in [0.5, 0.6) is 11.5 Å². The van der Waals surface area contributed by atoms with Crippen LogP contribution in [0.3, 0.4) is 0 Å². The lowest BCUT2D eigenvalue weighted by Gasteiger charge is -2.15.